The van der Waals surface area contributed by atoms with Crippen LogP contribution in [0.25, 0.3) is 0 Å². The van der Waals surface area contributed by atoms with Gasteiger partial charge in [0.05, 0.1) is 18.3 Å². The van der Waals surface area contributed by atoms with Crippen molar-refractivity contribution in [2.24, 2.45) is 4.99 Å². The minimum absolute atomic E-state index is 0.130. The first kappa shape index (κ1) is 13.8. The lowest BCUT2D eigenvalue weighted by Gasteiger charge is -2.23. The number of fused-ring (bicyclic) bond motifs is 1. The zero-order valence-corrected chi connectivity index (χ0v) is 11.9. The number of rotatable bonds is 2. The molecule has 19 heavy (non-hydrogen) atoms. The summed E-state index contributed by atoms with van der Waals surface area (Å²) in [5.74, 6) is 0.137. The fourth-order valence-corrected chi connectivity index (χ4v) is 3.38. The van der Waals surface area contributed by atoms with Gasteiger partial charge >= 0.3 is 0 Å². The van der Waals surface area contributed by atoms with Crippen LogP contribution in [0.4, 0.5) is 5.69 Å². The summed E-state index contributed by atoms with van der Waals surface area (Å²) < 4.78 is 26.7. The van der Waals surface area contributed by atoms with Gasteiger partial charge in [-0.25, -0.2) is 18.1 Å². The topological polar surface area (TPSA) is 90.8 Å². The van der Waals surface area contributed by atoms with Crippen LogP contribution in [0.3, 0.4) is 0 Å². The van der Waals surface area contributed by atoms with Crippen LogP contribution in [0, 0.1) is 13.8 Å². The van der Waals surface area contributed by atoms with Crippen LogP contribution in [-0.4, -0.2) is 32.1 Å². The molecule has 1 aliphatic rings. The van der Waals surface area contributed by atoms with E-state index >= 15 is 0 Å². The van der Waals surface area contributed by atoms with Crippen molar-refractivity contribution < 1.29 is 13.5 Å². The summed E-state index contributed by atoms with van der Waals surface area (Å²) in [6.07, 6.45) is -0.626. The van der Waals surface area contributed by atoms with E-state index in [9.17, 15) is 13.5 Å². The first-order valence-corrected chi connectivity index (χ1v) is 7.41. The first-order valence-electron chi connectivity index (χ1n) is 5.93. The van der Waals surface area contributed by atoms with Crippen LogP contribution in [0.5, 0.6) is 0 Å². The molecule has 1 heterocycles. The van der Waals surface area contributed by atoms with Gasteiger partial charge in [-0.2, -0.15) is 0 Å². The molecule has 2 rings (SSSR count). The number of nitrogens with one attached hydrogen (secondary N) is 2. The van der Waals surface area contributed by atoms with Crippen molar-refractivity contribution in [3.63, 3.8) is 0 Å². The average Bonchev–Trinajstić information content (AvgIpc) is 2.23. The normalized spacial score (nSPS) is 20.3. The smallest absolute Gasteiger partial charge is 0.266 e. The molecule has 0 bridgehead atoms. The quantitative estimate of drug-likeness (QED) is 0.747. The number of aliphatic hydroxyl groups is 1. The molecule has 3 N–H and O–H groups in total. The Bertz CT molecular complexity index is 636. The minimum Gasteiger partial charge on any atom is -0.391 e. The van der Waals surface area contributed by atoms with E-state index in [0.29, 0.717) is 11.3 Å². The predicted molar refractivity (Wildman–Crippen MR) is 73.8 cm³/mol. The maximum Gasteiger partial charge on any atom is 0.266 e. The Labute approximate surface area is 112 Å². The number of aliphatic hydroxyl groups excluding tert-OH is 1. The largest absolute Gasteiger partial charge is 0.391 e. The number of nitrogens with zero attached hydrogens (tertiary/aromatic N) is 1. The molecule has 1 aromatic rings. The Morgan fingerprint density at radius 1 is 1.37 bits per heavy atom. The second-order valence-corrected chi connectivity index (χ2v) is 6.35. The van der Waals surface area contributed by atoms with Crippen molar-refractivity contribution >= 4 is 21.7 Å². The monoisotopic (exact) mass is 283 g/mol. The molecule has 6 nitrogen and oxygen atoms in total. The van der Waals surface area contributed by atoms with E-state index in [2.05, 4.69) is 15.0 Å². The van der Waals surface area contributed by atoms with Crippen LogP contribution in [0.1, 0.15) is 18.1 Å². The van der Waals surface area contributed by atoms with Gasteiger partial charge in [0.2, 0.25) is 5.96 Å². The van der Waals surface area contributed by atoms with Gasteiger partial charge in [-0.3, -0.25) is 0 Å². The van der Waals surface area contributed by atoms with Gasteiger partial charge in [0.1, 0.15) is 4.90 Å². The lowest BCUT2D eigenvalue weighted by Crippen LogP contribution is -2.41. The van der Waals surface area contributed by atoms with Crippen LogP contribution in [0.2, 0.25) is 0 Å². The number of anilines is 1. The van der Waals surface area contributed by atoms with Crippen molar-refractivity contribution in [2.45, 2.75) is 31.8 Å². The Hall–Kier alpha value is -1.60. The summed E-state index contributed by atoms with van der Waals surface area (Å²) in [6, 6.07) is 3.58. The Morgan fingerprint density at radius 2 is 2.05 bits per heavy atom. The van der Waals surface area contributed by atoms with E-state index in [-0.39, 0.29) is 17.4 Å². The van der Waals surface area contributed by atoms with Gasteiger partial charge in [0.25, 0.3) is 10.0 Å². The third-order valence-electron chi connectivity index (χ3n) is 2.69. The number of aliphatic imine (C=N–C) groups is 1. The summed E-state index contributed by atoms with van der Waals surface area (Å²) in [4.78, 5) is 4.25. The van der Waals surface area contributed by atoms with Crippen LogP contribution in [-0.2, 0) is 10.0 Å². The molecule has 0 aromatic heterocycles. The molecule has 0 saturated heterocycles. The standard InChI is InChI=1S/C12H17N3O3S/c1-7-4-8(2)11-10(5-7)14-12(13-6-9(3)16)15-19(11,17)18/h4-5,9,16H,6H2,1-3H3,(H2,13,14,15). The lowest BCUT2D eigenvalue weighted by atomic mass is 10.1. The molecule has 0 radical (unpaired) electrons. The van der Waals surface area contributed by atoms with Crippen LogP contribution < -0.4 is 10.0 Å². The summed E-state index contributed by atoms with van der Waals surface area (Å²) in [6.45, 7) is 5.37. The highest BCUT2D eigenvalue weighted by molar-refractivity contribution is 7.90. The molecule has 104 valence electrons. The highest BCUT2D eigenvalue weighted by atomic mass is 32.2. The second kappa shape index (κ2) is 4.82. The number of sulfonamides is 1. The highest BCUT2D eigenvalue weighted by Crippen LogP contribution is 2.29. The highest BCUT2D eigenvalue weighted by Gasteiger charge is 2.28. The molecule has 1 atom stereocenters. The molecule has 0 saturated carbocycles. The molecule has 1 aromatic carbocycles. The van der Waals surface area contributed by atoms with Gasteiger partial charge in [0, 0.05) is 0 Å². The van der Waals surface area contributed by atoms with Crippen LogP contribution in [0.15, 0.2) is 22.0 Å². The van der Waals surface area contributed by atoms with Crippen molar-refractivity contribution in [2.75, 3.05) is 11.9 Å². The Kier molecular flexibility index (Phi) is 3.51. The molecule has 0 amide bonds. The van der Waals surface area contributed by atoms with Crippen LogP contribution >= 0.6 is 0 Å². The molecule has 1 unspecified atom stereocenters. The van der Waals surface area contributed by atoms with Gasteiger partial charge in [-0.05, 0) is 38.0 Å². The Balaban J connectivity index is 2.48. The lowest BCUT2D eigenvalue weighted by molar-refractivity contribution is 0.204. The molecular weight excluding hydrogens is 266 g/mol. The SMILES string of the molecule is Cc1cc(C)c2c(c1)NC(=NCC(C)O)NS2(=O)=O. The summed E-state index contributed by atoms with van der Waals surface area (Å²) in [7, 11) is -3.61. The fraction of sp³-hybridized carbons (Fsp3) is 0.417. The molecule has 0 aliphatic carbocycles. The van der Waals surface area contributed by atoms with Crippen molar-refractivity contribution in [3.8, 4) is 0 Å². The second-order valence-electron chi connectivity index (χ2n) is 4.73. The summed E-state index contributed by atoms with van der Waals surface area (Å²) in [5, 5.41) is 12.1. The van der Waals surface area contributed by atoms with Gasteiger partial charge in [0.15, 0.2) is 0 Å². The van der Waals surface area contributed by atoms with E-state index < -0.39 is 16.1 Å². The number of benzene rings is 1. The predicted octanol–water partition coefficient (Wildman–Crippen LogP) is 0.744. The minimum atomic E-state index is -3.61. The van der Waals surface area contributed by atoms with E-state index in [0.717, 1.165) is 5.56 Å². The Morgan fingerprint density at radius 3 is 2.68 bits per heavy atom. The van der Waals surface area contributed by atoms with Crippen molar-refractivity contribution in [3.05, 3.63) is 23.3 Å². The number of aryl methyl sites for hydroxylation is 2. The van der Waals surface area contributed by atoms with E-state index in [1.807, 2.05) is 13.0 Å². The van der Waals surface area contributed by atoms with Crippen molar-refractivity contribution in [1.82, 2.24) is 4.72 Å². The average molecular weight is 283 g/mol. The van der Waals surface area contributed by atoms with E-state index in [1.54, 1.807) is 19.9 Å². The maximum atomic E-state index is 12.2. The number of hydrogen-bond acceptors (Lipinski definition) is 4. The number of hydrogen-bond donors (Lipinski definition) is 3. The maximum absolute atomic E-state index is 12.2. The first-order chi connectivity index (χ1) is 8.79. The zero-order chi connectivity index (χ0) is 14.2. The van der Waals surface area contributed by atoms with Gasteiger partial charge < -0.3 is 10.4 Å². The van der Waals surface area contributed by atoms with Gasteiger partial charge in [-0.1, -0.05) is 6.07 Å². The molecule has 0 spiro atoms. The van der Waals surface area contributed by atoms with E-state index in [1.165, 1.54) is 0 Å². The number of guanidine groups is 1. The van der Waals surface area contributed by atoms with E-state index in [4.69, 9.17) is 0 Å². The zero-order valence-electron chi connectivity index (χ0n) is 11.1. The summed E-state index contributed by atoms with van der Waals surface area (Å²) in [5.41, 5.74) is 2.17. The molecule has 0 fully saturated rings. The molecule has 7 heteroatoms. The fourth-order valence-electron chi connectivity index (χ4n) is 2.03. The molecular formula is C12H17N3O3S. The third-order valence-corrected chi connectivity index (χ3v) is 4.23. The summed E-state index contributed by atoms with van der Waals surface area (Å²) >= 11 is 0. The molecule has 1 aliphatic heterocycles. The van der Waals surface area contributed by atoms with Gasteiger partial charge in [-0.15, -0.1) is 0 Å². The van der Waals surface area contributed by atoms with Crippen molar-refractivity contribution in [1.29, 1.82) is 0 Å². The third kappa shape index (κ3) is 2.87.